The van der Waals surface area contributed by atoms with E-state index in [0.717, 1.165) is 28.7 Å². The van der Waals surface area contributed by atoms with Crippen LogP contribution in [0.4, 0.5) is 20.3 Å². The molecule has 0 unspecified atom stereocenters. The Morgan fingerprint density at radius 2 is 1.50 bits per heavy atom. The molecular formula is C25H23F2N3. The van der Waals surface area contributed by atoms with E-state index in [-0.39, 0.29) is 5.41 Å². The molecule has 3 nitrogen and oxygen atoms in total. The van der Waals surface area contributed by atoms with E-state index in [9.17, 15) is 8.78 Å². The van der Waals surface area contributed by atoms with Crippen LogP contribution in [0, 0.1) is 11.6 Å². The molecule has 4 rings (SSSR count). The van der Waals surface area contributed by atoms with E-state index in [1.54, 1.807) is 0 Å². The van der Waals surface area contributed by atoms with Crippen LogP contribution >= 0.6 is 0 Å². The predicted molar refractivity (Wildman–Crippen MR) is 118 cm³/mol. The Morgan fingerprint density at radius 3 is 2.17 bits per heavy atom. The quantitative estimate of drug-likeness (QED) is 0.384. The summed E-state index contributed by atoms with van der Waals surface area (Å²) in [6, 6.07) is 19.7. The maximum Gasteiger partial charge on any atom is 0.162 e. The standard InChI is InChI=1S/C25H23F2N3/c1-25(2,3)17-10-12-18(13-11-17)30(4)24-19-7-5-6-8-22(19)28-23(29-24)16-9-14-20(26)21(27)15-16/h5-15H,1-4H3. The molecule has 0 aliphatic carbocycles. The topological polar surface area (TPSA) is 29.0 Å². The second-order valence-corrected chi connectivity index (χ2v) is 8.37. The highest BCUT2D eigenvalue weighted by molar-refractivity contribution is 5.92. The summed E-state index contributed by atoms with van der Waals surface area (Å²) >= 11 is 0. The van der Waals surface area contributed by atoms with Gasteiger partial charge in [-0.25, -0.2) is 18.7 Å². The number of nitrogens with zero attached hydrogens (tertiary/aromatic N) is 3. The highest BCUT2D eigenvalue weighted by Crippen LogP contribution is 2.32. The second kappa shape index (κ2) is 7.48. The largest absolute Gasteiger partial charge is 0.329 e. The van der Waals surface area contributed by atoms with Gasteiger partial charge in [0.2, 0.25) is 0 Å². The number of hydrogen-bond acceptors (Lipinski definition) is 3. The molecule has 152 valence electrons. The molecule has 0 amide bonds. The van der Waals surface area contributed by atoms with Gasteiger partial charge < -0.3 is 4.90 Å². The van der Waals surface area contributed by atoms with Crippen molar-refractivity contribution in [2.75, 3.05) is 11.9 Å². The summed E-state index contributed by atoms with van der Waals surface area (Å²) in [5, 5.41) is 0.881. The molecule has 30 heavy (non-hydrogen) atoms. The molecule has 0 spiro atoms. The van der Waals surface area contributed by atoms with Crippen LogP contribution in [0.5, 0.6) is 0 Å². The van der Waals surface area contributed by atoms with Crippen LogP contribution < -0.4 is 4.90 Å². The maximum atomic E-state index is 13.8. The van der Waals surface area contributed by atoms with Crippen molar-refractivity contribution >= 4 is 22.4 Å². The molecule has 5 heteroatoms. The molecule has 0 saturated carbocycles. The van der Waals surface area contributed by atoms with Crippen LogP contribution in [-0.4, -0.2) is 17.0 Å². The van der Waals surface area contributed by atoms with Gasteiger partial charge >= 0.3 is 0 Å². The van der Waals surface area contributed by atoms with Crippen molar-refractivity contribution in [2.45, 2.75) is 26.2 Å². The highest BCUT2D eigenvalue weighted by Gasteiger charge is 2.17. The molecule has 3 aromatic carbocycles. The lowest BCUT2D eigenvalue weighted by Crippen LogP contribution is -2.14. The van der Waals surface area contributed by atoms with Crippen LogP contribution in [0.25, 0.3) is 22.3 Å². The van der Waals surface area contributed by atoms with Gasteiger partial charge in [0.15, 0.2) is 17.5 Å². The molecular weight excluding hydrogens is 380 g/mol. The number of benzene rings is 3. The average molecular weight is 403 g/mol. The average Bonchev–Trinajstić information content (AvgIpc) is 2.74. The molecule has 0 bridgehead atoms. The number of para-hydroxylation sites is 1. The smallest absolute Gasteiger partial charge is 0.162 e. The second-order valence-electron chi connectivity index (χ2n) is 8.37. The molecule has 0 aliphatic rings. The van der Waals surface area contributed by atoms with E-state index in [1.807, 2.05) is 36.2 Å². The summed E-state index contributed by atoms with van der Waals surface area (Å²) in [4.78, 5) is 11.3. The van der Waals surface area contributed by atoms with Crippen LogP contribution in [0.1, 0.15) is 26.3 Å². The zero-order valence-electron chi connectivity index (χ0n) is 17.4. The first-order valence-electron chi connectivity index (χ1n) is 9.80. The van der Waals surface area contributed by atoms with E-state index >= 15 is 0 Å². The fourth-order valence-electron chi connectivity index (χ4n) is 3.39. The Labute approximate surface area is 175 Å². The Bertz CT molecular complexity index is 1210. The third-order valence-corrected chi connectivity index (χ3v) is 5.20. The summed E-state index contributed by atoms with van der Waals surface area (Å²) in [5.41, 5.74) is 3.45. The van der Waals surface area contributed by atoms with Gasteiger partial charge in [0.05, 0.1) is 5.52 Å². The molecule has 0 aliphatic heterocycles. The van der Waals surface area contributed by atoms with Crippen molar-refractivity contribution < 1.29 is 8.78 Å². The predicted octanol–water partition coefficient (Wildman–Crippen LogP) is 6.64. The van der Waals surface area contributed by atoms with Crippen LogP contribution in [-0.2, 0) is 5.41 Å². The monoisotopic (exact) mass is 403 g/mol. The lowest BCUT2D eigenvalue weighted by Gasteiger charge is -2.23. The number of rotatable bonds is 3. The fourth-order valence-corrected chi connectivity index (χ4v) is 3.39. The van der Waals surface area contributed by atoms with Crippen LogP contribution in [0.15, 0.2) is 66.7 Å². The van der Waals surface area contributed by atoms with E-state index in [1.165, 1.54) is 11.6 Å². The van der Waals surface area contributed by atoms with Gasteiger partial charge in [0.25, 0.3) is 0 Å². The first kappa shape index (κ1) is 20.0. The van der Waals surface area contributed by atoms with Gasteiger partial charge in [0, 0.05) is 23.7 Å². The van der Waals surface area contributed by atoms with E-state index in [2.05, 4.69) is 50.0 Å². The van der Waals surface area contributed by atoms with Crippen molar-refractivity contribution in [3.8, 4) is 11.4 Å². The first-order valence-corrected chi connectivity index (χ1v) is 9.80. The zero-order chi connectivity index (χ0) is 21.5. The summed E-state index contributed by atoms with van der Waals surface area (Å²) in [7, 11) is 1.94. The Kier molecular flexibility index (Phi) is 4.98. The molecule has 0 N–H and O–H groups in total. The Balaban J connectivity index is 1.83. The van der Waals surface area contributed by atoms with Crippen molar-refractivity contribution in [2.24, 2.45) is 0 Å². The zero-order valence-corrected chi connectivity index (χ0v) is 17.4. The first-order chi connectivity index (χ1) is 14.2. The molecule has 0 atom stereocenters. The summed E-state index contributed by atoms with van der Waals surface area (Å²) in [5.74, 6) is -0.766. The highest BCUT2D eigenvalue weighted by atomic mass is 19.2. The lowest BCUT2D eigenvalue weighted by molar-refractivity contribution is 0.509. The third-order valence-electron chi connectivity index (χ3n) is 5.20. The van der Waals surface area contributed by atoms with Crippen molar-refractivity contribution in [1.29, 1.82) is 0 Å². The molecule has 1 aromatic heterocycles. The van der Waals surface area contributed by atoms with Crippen molar-refractivity contribution in [3.63, 3.8) is 0 Å². The summed E-state index contributed by atoms with van der Waals surface area (Å²) in [6.07, 6.45) is 0. The van der Waals surface area contributed by atoms with E-state index < -0.39 is 11.6 Å². The number of aromatic nitrogens is 2. The third kappa shape index (κ3) is 3.75. The van der Waals surface area contributed by atoms with E-state index in [0.29, 0.717) is 17.2 Å². The van der Waals surface area contributed by atoms with Crippen molar-refractivity contribution in [3.05, 3.63) is 83.9 Å². The van der Waals surface area contributed by atoms with Gasteiger partial charge in [-0.05, 0) is 53.4 Å². The summed E-state index contributed by atoms with van der Waals surface area (Å²) < 4.78 is 27.2. The lowest BCUT2D eigenvalue weighted by atomic mass is 9.87. The van der Waals surface area contributed by atoms with Gasteiger partial charge in [-0.3, -0.25) is 0 Å². The van der Waals surface area contributed by atoms with Gasteiger partial charge in [-0.2, -0.15) is 0 Å². The van der Waals surface area contributed by atoms with E-state index in [4.69, 9.17) is 4.98 Å². The molecule has 1 heterocycles. The van der Waals surface area contributed by atoms with Crippen LogP contribution in [0.2, 0.25) is 0 Å². The number of hydrogen-bond donors (Lipinski definition) is 0. The minimum atomic E-state index is -0.920. The summed E-state index contributed by atoms with van der Waals surface area (Å²) in [6.45, 7) is 6.53. The Hall–Kier alpha value is -3.34. The molecule has 0 fully saturated rings. The fraction of sp³-hybridized carbons (Fsp3) is 0.200. The minimum absolute atomic E-state index is 0.0680. The van der Waals surface area contributed by atoms with Gasteiger partial charge in [-0.1, -0.05) is 45.0 Å². The molecule has 0 radical (unpaired) electrons. The number of anilines is 2. The molecule has 4 aromatic rings. The van der Waals surface area contributed by atoms with Gasteiger partial charge in [-0.15, -0.1) is 0 Å². The van der Waals surface area contributed by atoms with Crippen molar-refractivity contribution in [1.82, 2.24) is 9.97 Å². The minimum Gasteiger partial charge on any atom is -0.329 e. The van der Waals surface area contributed by atoms with Crippen LogP contribution in [0.3, 0.4) is 0 Å². The normalized spacial score (nSPS) is 11.7. The number of fused-ring (bicyclic) bond motifs is 1. The SMILES string of the molecule is CN(c1ccc(C(C)(C)C)cc1)c1nc(-c2ccc(F)c(F)c2)nc2ccccc12. The Morgan fingerprint density at radius 1 is 0.800 bits per heavy atom. The molecule has 0 saturated heterocycles. The maximum absolute atomic E-state index is 13.8. The number of halogens is 2. The van der Waals surface area contributed by atoms with Gasteiger partial charge in [0.1, 0.15) is 5.82 Å².